The van der Waals surface area contributed by atoms with E-state index in [1.807, 2.05) is 0 Å². The van der Waals surface area contributed by atoms with Crippen LogP contribution in [0.2, 0.25) is 0 Å². The highest BCUT2D eigenvalue weighted by atomic mass is 19.1. The summed E-state index contributed by atoms with van der Waals surface area (Å²) < 4.78 is 18.0. The van der Waals surface area contributed by atoms with Crippen molar-refractivity contribution in [2.24, 2.45) is 5.92 Å². The van der Waals surface area contributed by atoms with Crippen molar-refractivity contribution < 1.29 is 23.5 Å². The van der Waals surface area contributed by atoms with Gasteiger partial charge in [-0.1, -0.05) is 0 Å². The number of carbonyl (C=O) groups excluding carboxylic acids is 3. The number of piperidine rings is 1. The first-order valence-electron chi connectivity index (χ1n) is 10.2. The van der Waals surface area contributed by atoms with Crippen molar-refractivity contribution >= 4 is 29.3 Å². The van der Waals surface area contributed by atoms with Gasteiger partial charge in [0.25, 0.3) is 5.91 Å². The third kappa shape index (κ3) is 5.59. The van der Waals surface area contributed by atoms with Gasteiger partial charge in [0.05, 0.1) is 6.61 Å². The number of nitrogens with one attached hydrogen (secondary N) is 1. The highest BCUT2D eigenvalue weighted by Crippen LogP contribution is 2.23. The zero-order valence-corrected chi connectivity index (χ0v) is 17.6. The van der Waals surface area contributed by atoms with Crippen molar-refractivity contribution in [1.29, 1.82) is 0 Å². The maximum absolute atomic E-state index is 13.0. The van der Waals surface area contributed by atoms with E-state index < -0.39 is 6.09 Å². The topological polar surface area (TPSA) is 79.0 Å². The van der Waals surface area contributed by atoms with Gasteiger partial charge in [0.2, 0.25) is 5.91 Å². The smallest absolute Gasteiger partial charge is 0.413 e. The Labute approximate surface area is 180 Å². The van der Waals surface area contributed by atoms with Gasteiger partial charge in [0, 0.05) is 43.0 Å². The molecule has 3 rings (SSSR count). The van der Waals surface area contributed by atoms with Crippen LogP contribution in [0.3, 0.4) is 0 Å². The quantitative estimate of drug-likeness (QED) is 0.785. The Bertz CT molecular complexity index is 923. The number of ether oxygens (including phenoxy) is 1. The van der Waals surface area contributed by atoms with E-state index in [-0.39, 0.29) is 23.5 Å². The molecule has 0 aromatic heterocycles. The Morgan fingerprint density at radius 1 is 1.06 bits per heavy atom. The molecular weight excluding hydrogens is 401 g/mol. The summed E-state index contributed by atoms with van der Waals surface area (Å²) in [7, 11) is 1.62. The number of hydrogen-bond donors (Lipinski definition) is 1. The maximum atomic E-state index is 13.0. The number of anilines is 2. The molecule has 0 unspecified atom stereocenters. The van der Waals surface area contributed by atoms with Gasteiger partial charge in [0.1, 0.15) is 5.82 Å². The lowest BCUT2D eigenvalue weighted by molar-refractivity contribution is -0.121. The summed E-state index contributed by atoms with van der Waals surface area (Å²) in [5.74, 6) is -0.827. The number of rotatable bonds is 5. The lowest BCUT2D eigenvalue weighted by Gasteiger charge is -2.31. The summed E-state index contributed by atoms with van der Waals surface area (Å²) in [6, 6.07) is 12.4. The minimum absolute atomic E-state index is 0.0969. The molecule has 0 aliphatic carbocycles. The Kier molecular flexibility index (Phi) is 7.23. The third-order valence-corrected chi connectivity index (χ3v) is 5.31. The monoisotopic (exact) mass is 427 g/mol. The molecule has 2 aromatic rings. The van der Waals surface area contributed by atoms with Crippen LogP contribution in [-0.4, -0.2) is 49.6 Å². The van der Waals surface area contributed by atoms with E-state index in [9.17, 15) is 18.8 Å². The van der Waals surface area contributed by atoms with Crippen molar-refractivity contribution in [1.82, 2.24) is 4.90 Å². The van der Waals surface area contributed by atoms with E-state index >= 15 is 0 Å². The van der Waals surface area contributed by atoms with Crippen LogP contribution in [-0.2, 0) is 9.53 Å². The molecule has 1 saturated heterocycles. The van der Waals surface area contributed by atoms with E-state index in [4.69, 9.17) is 4.74 Å². The molecule has 8 heteroatoms. The normalized spacial score (nSPS) is 14.1. The number of halogens is 1. The molecule has 0 atom stereocenters. The Hall–Kier alpha value is -3.42. The lowest BCUT2D eigenvalue weighted by atomic mass is 9.95. The minimum Gasteiger partial charge on any atom is -0.449 e. The van der Waals surface area contributed by atoms with Gasteiger partial charge in [-0.3, -0.25) is 14.5 Å². The molecule has 0 spiro atoms. The van der Waals surface area contributed by atoms with Crippen LogP contribution in [0.1, 0.15) is 30.1 Å². The molecule has 31 heavy (non-hydrogen) atoms. The lowest BCUT2D eigenvalue weighted by Crippen LogP contribution is -2.41. The van der Waals surface area contributed by atoms with E-state index in [0.717, 1.165) is 0 Å². The molecule has 0 saturated carbocycles. The SMILES string of the molecule is CCOC(=O)N(C)c1ccc(NC(=O)C2CCN(C(=O)c3ccc(F)cc3)CC2)cc1. The molecule has 3 amide bonds. The van der Waals surface area contributed by atoms with Gasteiger partial charge in [-0.2, -0.15) is 0 Å². The van der Waals surface area contributed by atoms with E-state index in [0.29, 0.717) is 49.5 Å². The van der Waals surface area contributed by atoms with Gasteiger partial charge in [0.15, 0.2) is 0 Å². The first kappa shape index (κ1) is 22.3. The fraction of sp³-hybridized carbons (Fsp3) is 0.348. The molecule has 1 aliphatic heterocycles. The van der Waals surface area contributed by atoms with Crippen molar-refractivity contribution in [2.45, 2.75) is 19.8 Å². The maximum Gasteiger partial charge on any atom is 0.413 e. The highest BCUT2D eigenvalue weighted by molar-refractivity contribution is 5.95. The molecule has 1 heterocycles. The van der Waals surface area contributed by atoms with Gasteiger partial charge in [-0.25, -0.2) is 9.18 Å². The molecule has 1 N–H and O–H groups in total. The molecule has 0 bridgehead atoms. The molecular formula is C23H26FN3O4. The van der Waals surface area contributed by atoms with E-state index in [1.165, 1.54) is 29.2 Å². The Balaban J connectivity index is 1.51. The molecule has 164 valence electrons. The molecule has 2 aromatic carbocycles. The van der Waals surface area contributed by atoms with Crippen LogP contribution in [0.15, 0.2) is 48.5 Å². The van der Waals surface area contributed by atoms with Crippen LogP contribution >= 0.6 is 0 Å². The average molecular weight is 427 g/mol. The molecule has 1 aliphatic rings. The first-order chi connectivity index (χ1) is 14.9. The zero-order valence-electron chi connectivity index (χ0n) is 17.6. The Morgan fingerprint density at radius 2 is 1.68 bits per heavy atom. The number of nitrogens with zero attached hydrogens (tertiary/aromatic N) is 2. The number of amides is 3. The van der Waals surface area contributed by atoms with Crippen molar-refractivity contribution in [3.8, 4) is 0 Å². The summed E-state index contributed by atoms with van der Waals surface area (Å²) in [5.41, 5.74) is 1.73. The zero-order chi connectivity index (χ0) is 22.4. The van der Waals surface area contributed by atoms with Gasteiger partial charge >= 0.3 is 6.09 Å². The van der Waals surface area contributed by atoms with Crippen LogP contribution in [0.25, 0.3) is 0 Å². The standard InChI is InChI=1S/C23H26FN3O4/c1-3-31-23(30)26(2)20-10-8-19(9-11-20)25-21(28)16-12-14-27(15-13-16)22(29)17-4-6-18(24)7-5-17/h4-11,16H,3,12-15H2,1-2H3,(H,25,28). The number of hydrogen-bond acceptors (Lipinski definition) is 4. The van der Waals surface area contributed by atoms with Crippen molar-refractivity contribution in [3.63, 3.8) is 0 Å². The second kappa shape index (κ2) is 10.1. The van der Waals surface area contributed by atoms with Crippen LogP contribution in [0, 0.1) is 11.7 Å². The van der Waals surface area contributed by atoms with Crippen LogP contribution in [0.4, 0.5) is 20.6 Å². The number of likely N-dealkylation sites (tertiary alicyclic amines) is 1. The minimum atomic E-state index is -0.443. The van der Waals surface area contributed by atoms with Gasteiger partial charge < -0.3 is 15.0 Å². The highest BCUT2D eigenvalue weighted by Gasteiger charge is 2.28. The number of benzene rings is 2. The van der Waals surface area contributed by atoms with E-state index in [1.54, 1.807) is 43.1 Å². The third-order valence-electron chi connectivity index (χ3n) is 5.31. The van der Waals surface area contributed by atoms with Crippen molar-refractivity contribution in [3.05, 3.63) is 59.9 Å². The largest absolute Gasteiger partial charge is 0.449 e. The van der Waals surface area contributed by atoms with Gasteiger partial charge in [-0.05, 0) is 68.3 Å². The fourth-order valence-electron chi connectivity index (χ4n) is 3.46. The number of carbonyl (C=O) groups is 3. The predicted molar refractivity (Wildman–Crippen MR) is 116 cm³/mol. The van der Waals surface area contributed by atoms with Gasteiger partial charge in [-0.15, -0.1) is 0 Å². The predicted octanol–water partition coefficient (Wildman–Crippen LogP) is 3.91. The summed E-state index contributed by atoms with van der Waals surface area (Å²) in [4.78, 5) is 40.0. The van der Waals surface area contributed by atoms with E-state index in [2.05, 4.69) is 5.32 Å². The summed E-state index contributed by atoms with van der Waals surface area (Å²) in [6.45, 7) is 2.98. The van der Waals surface area contributed by atoms with Crippen LogP contribution in [0.5, 0.6) is 0 Å². The molecule has 7 nitrogen and oxygen atoms in total. The first-order valence-corrected chi connectivity index (χ1v) is 10.2. The average Bonchev–Trinajstić information content (AvgIpc) is 2.79. The van der Waals surface area contributed by atoms with Crippen LogP contribution < -0.4 is 10.2 Å². The fourth-order valence-corrected chi connectivity index (χ4v) is 3.46. The Morgan fingerprint density at radius 3 is 2.26 bits per heavy atom. The molecule has 1 fully saturated rings. The summed E-state index contributed by atoms with van der Waals surface area (Å²) >= 11 is 0. The second-order valence-corrected chi connectivity index (χ2v) is 7.37. The molecule has 0 radical (unpaired) electrons. The summed E-state index contributed by atoms with van der Waals surface area (Å²) in [5, 5.41) is 2.90. The summed E-state index contributed by atoms with van der Waals surface area (Å²) in [6.07, 6.45) is 0.673. The van der Waals surface area contributed by atoms with Crippen molar-refractivity contribution in [2.75, 3.05) is 37.0 Å². The second-order valence-electron chi connectivity index (χ2n) is 7.37.